The van der Waals surface area contributed by atoms with Crippen LogP contribution in [-0.4, -0.2) is 18.9 Å². The largest absolute Gasteiger partial charge is 0.497 e. The van der Waals surface area contributed by atoms with Crippen LogP contribution in [0.3, 0.4) is 0 Å². The van der Waals surface area contributed by atoms with Crippen LogP contribution in [0.1, 0.15) is 11.1 Å². The number of hydrogen-bond acceptors (Lipinski definition) is 3. The highest BCUT2D eigenvalue weighted by atomic mass is 35.5. The van der Waals surface area contributed by atoms with Crippen molar-refractivity contribution in [2.45, 2.75) is 0 Å². The van der Waals surface area contributed by atoms with Crippen LogP contribution in [0.25, 0.3) is 6.08 Å². The first-order chi connectivity index (χ1) is 14.5. The Balaban J connectivity index is 1.84. The lowest BCUT2D eigenvalue weighted by atomic mass is 10.1. The summed E-state index contributed by atoms with van der Waals surface area (Å²) in [5.41, 5.74) is 2.17. The van der Waals surface area contributed by atoms with Gasteiger partial charge in [-0.1, -0.05) is 53.0 Å². The van der Waals surface area contributed by atoms with Crippen LogP contribution >= 0.6 is 34.8 Å². The zero-order valence-corrected chi connectivity index (χ0v) is 18.0. The van der Waals surface area contributed by atoms with E-state index < -0.39 is 0 Å². The van der Waals surface area contributed by atoms with E-state index in [1.165, 1.54) is 4.90 Å². The van der Waals surface area contributed by atoms with Crippen molar-refractivity contribution in [2.24, 2.45) is 4.99 Å². The zero-order chi connectivity index (χ0) is 21.3. The normalized spacial score (nSPS) is 14.9. The molecule has 4 rings (SSSR count). The summed E-state index contributed by atoms with van der Waals surface area (Å²) in [6.45, 7) is 0. The van der Waals surface area contributed by atoms with Gasteiger partial charge in [0.25, 0.3) is 5.91 Å². The number of amidine groups is 1. The Bertz CT molecular complexity index is 1190. The molecule has 0 aromatic heterocycles. The predicted molar refractivity (Wildman–Crippen MR) is 123 cm³/mol. The van der Waals surface area contributed by atoms with Crippen molar-refractivity contribution in [1.29, 1.82) is 0 Å². The standard InChI is InChI=1S/C23H15Cl3N2O2/c1-30-17-10-8-16(9-11-17)28-22(18-4-2-3-5-19(18)25)27-21(23(28)29)12-14-6-7-15(24)13-20(14)26/h2-13H,1H3/b21-12+. The summed E-state index contributed by atoms with van der Waals surface area (Å²) >= 11 is 18.7. The van der Waals surface area contributed by atoms with Gasteiger partial charge >= 0.3 is 0 Å². The monoisotopic (exact) mass is 456 g/mol. The van der Waals surface area contributed by atoms with Crippen molar-refractivity contribution < 1.29 is 9.53 Å². The average molecular weight is 458 g/mol. The van der Waals surface area contributed by atoms with E-state index in [1.54, 1.807) is 61.7 Å². The number of aliphatic imine (C=N–C) groups is 1. The highest BCUT2D eigenvalue weighted by Crippen LogP contribution is 2.32. The molecule has 0 saturated carbocycles. The van der Waals surface area contributed by atoms with Gasteiger partial charge in [0.1, 0.15) is 17.3 Å². The molecule has 0 radical (unpaired) electrons. The fourth-order valence-electron chi connectivity index (χ4n) is 3.08. The summed E-state index contributed by atoms with van der Waals surface area (Å²) in [6, 6.07) is 19.5. The Morgan fingerprint density at radius 1 is 0.933 bits per heavy atom. The van der Waals surface area contributed by atoms with Gasteiger partial charge in [0.2, 0.25) is 0 Å². The molecule has 1 amide bonds. The van der Waals surface area contributed by atoms with E-state index in [-0.39, 0.29) is 11.6 Å². The Morgan fingerprint density at radius 3 is 2.33 bits per heavy atom. The highest BCUT2D eigenvalue weighted by Gasteiger charge is 2.33. The van der Waals surface area contributed by atoms with Crippen LogP contribution in [0, 0.1) is 0 Å². The van der Waals surface area contributed by atoms with E-state index >= 15 is 0 Å². The molecule has 0 unspecified atom stereocenters. The molecule has 0 atom stereocenters. The molecule has 1 heterocycles. The average Bonchev–Trinajstić information content (AvgIpc) is 3.06. The molecule has 3 aromatic rings. The molecule has 0 spiro atoms. The summed E-state index contributed by atoms with van der Waals surface area (Å²) in [4.78, 5) is 19.5. The molecular weight excluding hydrogens is 443 g/mol. The minimum Gasteiger partial charge on any atom is -0.497 e. The van der Waals surface area contributed by atoms with Gasteiger partial charge in [-0.2, -0.15) is 0 Å². The molecule has 150 valence electrons. The van der Waals surface area contributed by atoms with Gasteiger partial charge in [0.05, 0.1) is 17.8 Å². The quantitative estimate of drug-likeness (QED) is 0.420. The van der Waals surface area contributed by atoms with Gasteiger partial charge in [-0.05, 0) is 60.2 Å². The number of carbonyl (C=O) groups excluding carboxylic acids is 1. The number of rotatable bonds is 4. The second-order valence-corrected chi connectivity index (χ2v) is 7.70. The number of methoxy groups -OCH3 is 1. The van der Waals surface area contributed by atoms with E-state index in [2.05, 4.69) is 4.99 Å². The number of nitrogens with zero attached hydrogens (tertiary/aromatic N) is 2. The second kappa shape index (κ2) is 8.52. The smallest absolute Gasteiger partial charge is 0.282 e. The van der Waals surface area contributed by atoms with Gasteiger partial charge in [0.15, 0.2) is 0 Å². The lowest BCUT2D eigenvalue weighted by Crippen LogP contribution is -2.32. The molecule has 0 N–H and O–H groups in total. The molecule has 4 nitrogen and oxygen atoms in total. The van der Waals surface area contributed by atoms with Gasteiger partial charge in [-0.15, -0.1) is 0 Å². The van der Waals surface area contributed by atoms with Crippen LogP contribution in [-0.2, 0) is 4.79 Å². The Labute approximate surface area is 189 Å². The van der Waals surface area contributed by atoms with E-state index in [4.69, 9.17) is 39.5 Å². The van der Waals surface area contributed by atoms with E-state index in [0.29, 0.717) is 43.5 Å². The molecule has 0 fully saturated rings. The van der Waals surface area contributed by atoms with Crippen molar-refractivity contribution in [3.8, 4) is 5.75 Å². The van der Waals surface area contributed by atoms with Crippen molar-refractivity contribution in [3.63, 3.8) is 0 Å². The third kappa shape index (κ3) is 3.94. The molecule has 30 heavy (non-hydrogen) atoms. The first kappa shape index (κ1) is 20.5. The fourth-order valence-corrected chi connectivity index (χ4v) is 3.76. The van der Waals surface area contributed by atoms with E-state index in [9.17, 15) is 4.79 Å². The van der Waals surface area contributed by atoms with E-state index in [0.717, 1.165) is 0 Å². The topological polar surface area (TPSA) is 41.9 Å². The predicted octanol–water partition coefficient (Wildman–Crippen LogP) is 6.49. The molecule has 1 aliphatic heterocycles. The SMILES string of the molecule is COc1ccc(N2C(=O)/C(=C\c3ccc(Cl)cc3Cl)N=C2c2ccccc2Cl)cc1. The molecule has 0 saturated heterocycles. The van der Waals surface area contributed by atoms with Gasteiger partial charge in [-0.3, -0.25) is 9.69 Å². The minimum absolute atomic E-state index is 0.241. The molecule has 0 bridgehead atoms. The lowest BCUT2D eigenvalue weighted by Gasteiger charge is -2.19. The summed E-state index contributed by atoms with van der Waals surface area (Å²) in [5, 5.41) is 1.44. The van der Waals surface area contributed by atoms with Crippen molar-refractivity contribution in [3.05, 3.63) is 98.6 Å². The Kier molecular flexibility index (Phi) is 5.82. The molecule has 7 heteroatoms. The van der Waals surface area contributed by atoms with Crippen molar-refractivity contribution in [1.82, 2.24) is 0 Å². The van der Waals surface area contributed by atoms with Gasteiger partial charge in [-0.25, -0.2) is 4.99 Å². The first-order valence-corrected chi connectivity index (χ1v) is 10.1. The lowest BCUT2D eigenvalue weighted by molar-refractivity contribution is -0.113. The summed E-state index contributed by atoms with van der Waals surface area (Å²) in [7, 11) is 1.59. The number of hydrogen-bond donors (Lipinski definition) is 0. The first-order valence-electron chi connectivity index (χ1n) is 8.97. The third-order valence-corrected chi connectivity index (χ3v) is 5.45. The Morgan fingerprint density at radius 2 is 1.67 bits per heavy atom. The number of carbonyl (C=O) groups is 1. The number of halogens is 3. The second-order valence-electron chi connectivity index (χ2n) is 6.45. The molecule has 3 aromatic carbocycles. The van der Waals surface area contributed by atoms with Crippen LogP contribution in [0.5, 0.6) is 5.75 Å². The Hall–Kier alpha value is -2.79. The van der Waals surface area contributed by atoms with E-state index in [1.807, 2.05) is 18.2 Å². The number of ether oxygens (including phenoxy) is 1. The van der Waals surface area contributed by atoms with Crippen LogP contribution < -0.4 is 9.64 Å². The number of benzene rings is 3. The summed E-state index contributed by atoms with van der Waals surface area (Å²) in [6.07, 6.45) is 1.64. The fraction of sp³-hybridized carbons (Fsp3) is 0.0435. The summed E-state index contributed by atoms with van der Waals surface area (Å²) in [5.74, 6) is 0.832. The van der Waals surface area contributed by atoms with Crippen molar-refractivity contribution in [2.75, 3.05) is 12.0 Å². The maximum atomic E-state index is 13.3. The van der Waals surface area contributed by atoms with Gasteiger partial charge in [0, 0.05) is 15.6 Å². The van der Waals surface area contributed by atoms with Crippen molar-refractivity contribution >= 4 is 58.3 Å². The molecule has 0 aliphatic carbocycles. The number of amides is 1. The zero-order valence-electron chi connectivity index (χ0n) is 15.8. The molecule has 1 aliphatic rings. The van der Waals surface area contributed by atoms with Crippen LogP contribution in [0.4, 0.5) is 5.69 Å². The number of anilines is 1. The third-order valence-electron chi connectivity index (χ3n) is 4.56. The maximum absolute atomic E-state index is 13.3. The maximum Gasteiger partial charge on any atom is 0.282 e. The van der Waals surface area contributed by atoms with Gasteiger partial charge < -0.3 is 4.74 Å². The summed E-state index contributed by atoms with van der Waals surface area (Å²) < 4.78 is 5.22. The minimum atomic E-state index is -0.291. The van der Waals surface area contributed by atoms with Crippen LogP contribution in [0.2, 0.25) is 15.1 Å². The van der Waals surface area contributed by atoms with Crippen LogP contribution in [0.15, 0.2) is 77.4 Å². The highest BCUT2D eigenvalue weighted by molar-refractivity contribution is 6.40. The molecular formula is C23H15Cl3N2O2.